The Morgan fingerprint density at radius 1 is 1.05 bits per heavy atom. The van der Waals surface area contributed by atoms with E-state index in [0.717, 1.165) is 6.20 Å². The Morgan fingerprint density at radius 2 is 1.60 bits per heavy atom. The highest BCUT2D eigenvalue weighted by Gasteiger charge is 2.39. The first-order chi connectivity index (χ1) is 8.93. The van der Waals surface area contributed by atoms with Crippen LogP contribution in [0.1, 0.15) is 37.8 Å². The van der Waals surface area contributed by atoms with Gasteiger partial charge in [0.1, 0.15) is 0 Å². The van der Waals surface area contributed by atoms with Crippen molar-refractivity contribution < 1.29 is 31.1 Å². The monoisotopic (exact) mass is 301 g/mol. The van der Waals surface area contributed by atoms with Crippen molar-refractivity contribution in [3.63, 3.8) is 0 Å². The molecule has 0 saturated heterocycles. The van der Waals surface area contributed by atoms with E-state index >= 15 is 0 Å². The van der Waals surface area contributed by atoms with Gasteiger partial charge in [0.05, 0.1) is 5.56 Å². The van der Waals surface area contributed by atoms with Gasteiger partial charge in [0, 0.05) is 12.3 Å². The SMILES string of the molecule is CC(C)c1cnc(OC(C)C(F)(F)F)cc1C(F)(F)F. The Morgan fingerprint density at radius 3 is 2.00 bits per heavy atom. The number of halogens is 6. The second-order valence-electron chi connectivity index (χ2n) is 4.56. The van der Waals surface area contributed by atoms with Crippen molar-refractivity contribution in [2.24, 2.45) is 0 Å². The van der Waals surface area contributed by atoms with Gasteiger partial charge in [-0.3, -0.25) is 0 Å². The molecule has 0 bridgehead atoms. The molecule has 0 N–H and O–H groups in total. The molecular weight excluding hydrogens is 288 g/mol. The van der Waals surface area contributed by atoms with E-state index < -0.39 is 35.8 Å². The van der Waals surface area contributed by atoms with Crippen LogP contribution in [0, 0.1) is 0 Å². The summed E-state index contributed by atoms with van der Waals surface area (Å²) in [5.41, 5.74) is -1.13. The van der Waals surface area contributed by atoms with Crippen molar-refractivity contribution in [2.45, 2.75) is 45.1 Å². The van der Waals surface area contributed by atoms with Gasteiger partial charge in [0.25, 0.3) is 0 Å². The molecule has 0 aromatic carbocycles. The lowest BCUT2D eigenvalue weighted by Gasteiger charge is -2.19. The van der Waals surface area contributed by atoms with Crippen LogP contribution in [0.2, 0.25) is 0 Å². The lowest BCUT2D eigenvalue weighted by atomic mass is 9.99. The number of pyridine rings is 1. The quantitative estimate of drug-likeness (QED) is 0.764. The Labute approximate surface area is 111 Å². The van der Waals surface area contributed by atoms with Gasteiger partial charge in [-0.2, -0.15) is 26.3 Å². The average molecular weight is 301 g/mol. The van der Waals surface area contributed by atoms with E-state index in [0.29, 0.717) is 13.0 Å². The van der Waals surface area contributed by atoms with Crippen molar-refractivity contribution >= 4 is 0 Å². The normalized spacial score (nSPS) is 14.5. The molecule has 0 spiro atoms. The summed E-state index contributed by atoms with van der Waals surface area (Å²) in [6, 6.07) is 0.498. The van der Waals surface area contributed by atoms with E-state index in [1.54, 1.807) is 0 Å². The van der Waals surface area contributed by atoms with E-state index in [9.17, 15) is 26.3 Å². The first-order valence-electron chi connectivity index (χ1n) is 5.73. The Kier molecular flexibility index (Phi) is 4.55. The highest BCUT2D eigenvalue weighted by Crippen LogP contribution is 2.37. The lowest BCUT2D eigenvalue weighted by molar-refractivity contribution is -0.190. The maximum absolute atomic E-state index is 12.9. The predicted octanol–water partition coefficient (Wildman–Crippen LogP) is 4.55. The molecule has 2 nitrogen and oxygen atoms in total. The van der Waals surface area contributed by atoms with Crippen LogP contribution < -0.4 is 4.74 Å². The molecule has 1 atom stereocenters. The molecule has 1 rings (SSSR count). The van der Waals surface area contributed by atoms with Gasteiger partial charge in [-0.25, -0.2) is 4.98 Å². The third-order valence-electron chi connectivity index (χ3n) is 2.60. The molecular formula is C12H13F6NO. The third kappa shape index (κ3) is 4.01. The van der Waals surface area contributed by atoms with Crippen LogP contribution in [0.4, 0.5) is 26.3 Å². The van der Waals surface area contributed by atoms with Crippen LogP contribution in [0.3, 0.4) is 0 Å². The van der Waals surface area contributed by atoms with Crippen molar-refractivity contribution in [3.05, 3.63) is 23.4 Å². The minimum atomic E-state index is -4.68. The number of ether oxygens (including phenoxy) is 1. The van der Waals surface area contributed by atoms with Gasteiger partial charge in [-0.1, -0.05) is 13.8 Å². The molecule has 0 aliphatic heterocycles. The van der Waals surface area contributed by atoms with Crippen LogP contribution in [-0.4, -0.2) is 17.3 Å². The zero-order valence-corrected chi connectivity index (χ0v) is 10.9. The Balaban J connectivity index is 3.14. The molecule has 0 radical (unpaired) electrons. The molecule has 1 unspecified atom stereocenters. The number of rotatable bonds is 3. The molecule has 1 heterocycles. The van der Waals surface area contributed by atoms with Crippen LogP contribution in [-0.2, 0) is 6.18 Å². The van der Waals surface area contributed by atoms with Crippen molar-refractivity contribution in [1.82, 2.24) is 4.98 Å². The van der Waals surface area contributed by atoms with E-state index in [1.165, 1.54) is 13.8 Å². The van der Waals surface area contributed by atoms with Gasteiger partial charge >= 0.3 is 12.4 Å². The second kappa shape index (κ2) is 5.49. The molecule has 0 saturated carbocycles. The van der Waals surface area contributed by atoms with Crippen LogP contribution in [0.25, 0.3) is 0 Å². The third-order valence-corrected chi connectivity index (χ3v) is 2.60. The van der Waals surface area contributed by atoms with Gasteiger partial charge in [-0.15, -0.1) is 0 Å². The molecule has 114 valence electrons. The van der Waals surface area contributed by atoms with Gasteiger partial charge < -0.3 is 4.74 Å². The number of hydrogen-bond donors (Lipinski definition) is 0. The van der Waals surface area contributed by atoms with Gasteiger partial charge in [0.15, 0.2) is 6.10 Å². The fraction of sp³-hybridized carbons (Fsp3) is 0.583. The largest absolute Gasteiger partial charge is 0.465 e. The summed E-state index contributed by atoms with van der Waals surface area (Å²) < 4.78 is 79.9. The van der Waals surface area contributed by atoms with Crippen molar-refractivity contribution in [2.75, 3.05) is 0 Å². The summed E-state index contributed by atoms with van der Waals surface area (Å²) in [6.07, 6.45) is -10.7. The van der Waals surface area contributed by atoms with Gasteiger partial charge in [0.2, 0.25) is 5.88 Å². The minimum absolute atomic E-state index is 0.0930. The molecule has 0 aliphatic rings. The number of hydrogen-bond acceptors (Lipinski definition) is 2. The van der Waals surface area contributed by atoms with Crippen molar-refractivity contribution in [3.8, 4) is 5.88 Å². The lowest BCUT2D eigenvalue weighted by Crippen LogP contribution is -2.31. The number of nitrogens with zero attached hydrogens (tertiary/aromatic N) is 1. The standard InChI is InChI=1S/C12H13F6NO/c1-6(2)8-5-19-10(4-9(8)12(16,17)18)20-7(3)11(13,14)15/h4-7H,1-3H3. The average Bonchev–Trinajstić information content (AvgIpc) is 2.26. The summed E-state index contributed by atoms with van der Waals surface area (Å²) in [7, 11) is 0. The minimum Gasteiger partial charge on any atom is -0.465 e. The number of aromatic nitrogens is 1. The fourth-order valence-corrected chi connectivity index (χ4v) is 1.46. The zero-order chi connectivity index (χ0) is 15.7. The molecule has 0 amide bonds. The Bertz CT molecular complexity index is 466. The maximum Gasteiger partial charge on any atom is 0.425 e. The highest BCUT2D eigenvalue weighted by atomic mass is 19.4. The summed E-state index contributed by atoms with van der Waals surface area (Å²) in [4.78, 5) is 3.51. The van der Waals surface area contributed by atoms with Crippen LogP contribution >= 0.6 is 0 Å². The molecule has 1 aromatic rings. The molecule has 0 aliphatic carbocycles. The van der Waals surface area contributed by atoms with Crippen molar-refractivity contribution in [1.29, 1.82) is 0 Å². The summed E-state index contributed by atoms with van der Waals surface area (Å²) in [6.45, 7) is 3.77. The van der Waals surface area contributed by atoms with E-state index in [-0.39, 0.29) is 5.56 Å². The summed E-state index contributed by atoms with van der Waals surface area (Å²) in [5.74, 6) is -1.17. The molecule has 20 heavy (non-hydrogen) atoms. The number of alkyl halides is 6. The predicted molar refractivity (Wildman–Crippen MR) is 59.5 cm³/mol. The topological polar surface area (TPSA) is 22.1 Å². The zero-order valence-electron chi connectivity index (χ0n) is 10.9. The van der Waals surface area contributed by atoms with E-state index in [1.807, 2.05) is 0 Å². The van der Waals surface area contributed by atoms with Crippen LogP contribution in [0.5, 0.6) is 5.88 Å². The van der Waals surface area contributed by atoms with E-state index in [2.05, 4.69) is 9.72 Å². The first kappa shape index (κ1) is 16.6. The maximum atomic E-state index is 12.9. The smallest absolute Gasteiger partial charge is 0.425 e. The molecule has 1 aromatic heterocycles. The Hall–Kier alpha value is -1.47. The van der Waals surface area contributed by atoms with Gasteiger partial charge in [-0.05, 0) is 18.4 Å². The first-order valence-corrected chi connectivity index (χ1v) is 5.73. The summed E-state index contributed by atoms with van der Waals surface area (Å²) >= 11 is 0. The molecule has 8 heteroatoms. The fourth-order valence-electron chi connectivity index (χ4n) is 1.46. The van der Waals surface area contributed by atoms with Crippen LogP contribution in [0.15, 0.2) is 12.3 Å². The summed E-state index contributed by atoms with van der Waals surface area (Å²) in [5, 5.41) is 0. The second-order valence-corrected chi connectivity index (χ2v) is 4.56. The van der Waals surface area contributed by atoms with E-state index in [4.69, 9.17) is 0 Å². The highest BCUT2D eigenvalue weighted by molar-refractivity contribution is 5.34. The molecule has 0 fully saturated rings.